The molecule has 108 valence electrons. The molecule has 8 nitrogen and oxygen atoms in total. The summed E-state index contributed by atoms with van der Waals surface area (Å²) >= 11 is 1.21. The van der Waals surface area contributed by atoms with Gasteiger partial charge in [0.25, 0.3) is 0 Å². The largest absolute Gasteiger partial charge is 0.479 e. The van der Waals surface area contributed by atoms with Gasteiger partial charge in [-0.1, -0.05) is 0 Å². The van der Waals surface area contributed by atoms with E-state index in [1.165, 1.54) is 23.6 Å². The Morgan fingerprint density at radius 2 is 2.30 bits per heavy atom. The topological polar surface area (TPSA) is 113 Å². The van der Waals surface area contributed by atoms with Crippen molar-refractivity contribution < 1.29 is 29.0 Å². The molecule has 0 aromatic carbocycles. The van der Waals surface area contributed by atoms with Crippen LogP contribution in [0.5, 0.6) is 0 Å². The molecular formula is C11H12N2O6S. The van der Waals surface area contributed by atoms with Crippen LogP contribution < -0.4 is 5.32 Å². The van der Waals surface area contributed by atoms with Gasteiger partial charge in [-0.25, -0.2) is 4.79 Å². The number of fused-ring (bicyclic) bond motifs is 1. The lowest BCUT2D eigenvalue weighted by Gasteiger charge is -2.50. The van der Waals surface area contributed by atoms with Crippen molar-refractivity contribution >= 4 is 36.0 Å². The Bertz CT molecular complexity index is 505. The summed E-state index contributed by atoms with van der Waals surface area (Å²) in [7, 11) is 0. The molecule has 20 heavy (non-hydrogen) atoms. The Morgan fingerprint density at radius 3 is 2.85 bits per heavy atom. The normalized spacial score (nSPS) is 27.9. The number of hydrogen-bond acceptors (Lipinski definition) is 6. The Labute approximate surface area is 118 Å². The van der Waals surface area contributed by atoms with Crippen LogP contribution in [0.1, 0.15) is 6.92 Å². The van der Waals surface area contributed by atoms with Gasteiger partial charge in [0.2, 0.25) is 12.3 Å². The number of carbonyl (C=O) groups is 4. The van der Waals surface area contributed by atoms with Crippen LogP contribution in [0.2, 0.25) is 0 Å². The summed E-state index contributed by atoms with van der Waals surface area (Å²) < 4.78 is 4.79. The van der Waals surface area contributed by atoms with Crippen LogP contribution in [0, 0.1) is 0 Å². The molecule has 1 fully saturated rings. The van der Waals surface area contributed by atoms with Gasteiger partial charge in [0.1, 0.15) is 18.0 Å². The molecule has 2 aliphatic heterocycles. The van der Waals surface area contributed by atoms with E-state index in [1.807, 2.05) is 0 Å². The summed E-state index contributed by atoms with van der Waals surface area (Å²) in [5, 5.41) is 12.7. The third-order valence-electron chi connectivity index (χ3n) is 2.99. The van der Waals surface area contributed by atoms with Crippen molar-refractivity contribution in [1.29, 1.82) is 0 Å². The molecule has 0 bridgehead atoms. The minimum atomic E-state index is -1.20. The van der Waals surface area contributed by atoms with E-state index in [0.29, 0.717) is 12.0 Å². The number of carboxylic acid groups (broad SMARTS) is 1. The molecule has 0 aliphatic carbocycles. The van der Waals surface area contributed by atoms with Gasteiger partial charge in [-0.05, 0) is 5.41 Å². The van der Waals surface area contributed by atoms with E-state index in [2.05, 4.69) is 5.32 Å². The predicted octanol–water partition coefficient (Wildman–Crippen LogP) is -1.08. The molecule has 0 aromatic heterocycles. The minimum absolute atomic E-state index is 0.179. The molecule has 2 aliphatic rings. The fourth-order valence-corrected chi connectivity index (χ4v) is 3.33. The zero-order chi connectivity index (χ0) is 14.9. The standard InChI is InChI=1S/C11H12N2O6S/c1-5(15)19-2-6-3-20-10-7(12-4-14)9(16)13(10)8(6)11(17)18/h3-4,7-8,10H,2H2,1H3,(H,12,14)(H,17,18)/t7-,8-,10-/m1/s1. The molecule has 2 N–H and O–H groups in total. The summed E-state index contributed by atoms with van der Waals surface area (Å²) in [4.78, 5) is 45.6. The summed E-state index contributed by atoms with van der Waals surface area (Å²) in [6, 6.07) is -1.89. The number of rotatable bonds is 5. The van der Waals surface area contributed by atoms with E-state index in [1.54, 1.807) is 5.41 Å². The highest BCUT2D eigenvalue weighted by Crippen LogP contribution is 2.39. The van der Waals surface area contributed by atoms with Gasteiger partial charge >= 0.3 is 11.9 Å². The summed E-state index contributed by atoms with van der Waals surface area (Å²) in [6.07, 6.45) is 0.411. The minimum Gasteiger partial charge on any atom is -0.479 e. The highest BCUT2D eigenvalue weighted by molar-refractivity contribution is 8.02. The first-order valence-electron chi connectivity index (χ1n) is 5.69. The van der Waals surface area contributed by atoms with Crippen molar-refractivity contribution in [2.75, 3.05) is 6.61 Å². The Kier molecular flexibility index (Phi) is 3.98. The Morgan fingerprint density at radius 1 is 1.60 bits per heavy atom. The average Bonchev–Trinajstić information content (AvgIpc) is 2.40. The van der Waals surface area contributed by atoms with Crippen LogP contribution in [-0.2, 0) is 23.9 Å². The van der Waals surface area contributed by atoms with Crippen LogP contribution in [0.15, 0.2) is 11.0 Å². The first-order valence-corrected chi connectivity index (χ1v) is 6.64. The maximum absolute atomic E-state index is 11.9. The zero-order valence-corrected chi connectivity index (χ0v) is 11.3. The number of carbonyl (C=O) groups excluding carboxylic acids is 3. The van der Waals surface area contributed by atoms with Crippen LogP contribution in [0.3, 0.4) is 0 Å². The fraction of sp³-hybridized carbons (Fsp3) is 0.455. The second kappa shape index (κ2) is 5.53. The van der Waals surface area contributed by atoms with E-state index in [0.717, 1.165) is 0 Å². The monoisotopic (exact) mass is 300 g/mol. The highest BCUT2D eigenvalue weighted by atomic mass is 32.2. The number of hydrogen-bond donors (Lipinski definition) is 2. The van der Waals surface area contributed by atoms with Crippen LogP contribution in [0.25, 0.3) is 0 Å². The molecule has 2 amide bonds. The van der Waals surface area contributed by atoms with Crippen LogP contribution >= 0.6 is 11.8 Å². The van der Waals surface area contributed by atoms with Crippen molar-refractivity contribution in [3.8, 4) is 0 Å². The third kappa shape index (κ3) is 2.36. The number of β-lactam (4-membered cyclic amide) rings is 1. The lowest BCUT2D eigenvalue weighted by molar-refractivity contribution is -0.160. The second-order valence-electron chi connectivity index (χ2n) is 4.25. The number of carboxylic acids is 1. The highest BCUT2D eigenvalue weighted by Gasteiger charge is 2.55. The van der Waals surface area contributed by atoms with Crippen molar-refractivity contribution in [2.24, 2.45) is 0 Å². The fourth-order valence-electron chi connectivity index (χ4n) is 2.11. The van der Waals surface area contributed by atoms with Gasteiger partial charge in [-0.15, -0.1) is 11.8 Å². The summed E-state index contributed by atoms with van der Waals surface area (Å²) in [5.41, 5.74) is 0.326. The number of nitrogens with one attached hydrogen (secondary N) is 1. The number of ether oxygens (including phenoxy) is 1. The molecule has 2 heterocycles. The first-order chi connectivity index (χ1) is 9.47. The lowest BCUT2D eigenvalue weighted by atomic mass is 9.98. The molecule has 0 aromatic rings. The van der Waals surface area contributed by atoms with Gasteiger partial charge in [0.15, 0.2) is 6.04 Å². The van der Waals surface area contributed by atoms with E-state index < -0.39 is 35.3 Å². The maximum atomic E-state index is 11.9. The van der Waals surface area contributed by atoms with Crippen molar-refractivity contribution in [1.82, 2.24) is 10.2 Å². The van der Waals surface area contributed by atoms with E-state index in [-0.39, 0.29) is 6.61 Å². The smallest absolute Gasteiger partial charge is 0.330 e. The van der Waals surface area contributed by atoms with Crippen molar-refractivity contribution in [3.05, 3.63) is 11.0 Å². The Hall–Kier alpha value is -2.03. The van der Waals surface area contributed by atoms with Crippen molar-refractivity contribution in [3.63, 3.8) is 0 Å². The molecule has 0 saturated carbocycles. The average molecular weight is 300 g/mol. The van der Waals surface area contributed by atoms with Crippen LogP contribution in [0.4, 0.5) is 0 Å². The quantitative estimate of drug-likeness (QED) is 0.377. The molecule has 0 spiro atoms. The molecule has 2 rings (SSSR count). The number of thioether (sulfide) groups is 1. The summed E-state index contributed by atoms with van der Waals surface area (Å²) in [5.74, 6) is -2.19. The van der Waals surface area contributed by atoms with Gasteiger partial charge in [-0.2, -0.15) is 0 Å². The molecule has 0 unspecified atom stereocenters. The zero-order valence-electron chi connectivity index (χ0n) is 10.4. The molecule has 0 radical (unpaired) electrons. The van der Waals surface area contributed by atoms with Gasteiger partial charge < -0.3 is 20.1 Å². The number of esters is 1. The molecular weight excluding hydrogens is 288 g/mol. The van der Waals surface area contributed by atoms with Crippen LogP contribution in [-0.4, -0.2) is 58.3 Å². The second-order valence-corrected chi connectivity index (χ2v) is 5.24. The van der Waals surface area contributed by atoms with E-state index in [9.17, 15) is 24.3 Å². The lowest BCUT2D eigenvalue weighted by Crippen LogP contribution is -2.73. The SMILES string of the molecule is CC(=O)OCC1=CS[C@@H]2[C@H](NC=O)C(=O)N2[C@H]1C(=O)O. The van der Waals surface area contributed by atoms with E-state index in [4.69, 9.17) is 4.74 Å². The van der Waals surface area contributed by atoms with Gasteiger partial charge in [0, 0.05) is 12.5 Å². The predicted molar refractivity (Wildman–Crippen MR) is 67.4 cm³/mol. The van der Waals surface area contributed by atoms with Crippen molar-refractivity contribution in [2.45, 2.75) is 24.4 Å². The molecule has 1 saturated heterocycles. The summed E-state index contributed by atoms with van der Waals surface area (Å²) in [6.45, 7) is 1.04. The Balaban J connectivity index is 2.18. The number of amides is 2. The van der Waals surface area contributed by atoms with E-state index >= 15 is 0 Å². The molecule has 3 atom stereocenters. The van der Waals surface area contributed by atoms with Gasteiger partial charge in [-0.3, -0.25) is 14.4 Å². The third-order valence-corrected chi connectivity index (χ3v) is 4.21. The van der Waals surface area contributed by atoms with Gasteiger partial charge in [0.05, 0.1) is 0 Å². The molecule has 9 heteroatoms. The number of nitrogens with zero attached hydrogens (tertiary/aromatic N) is 1. The first kappa shape index (κ1) is 14.4. The number of aliphatic carboxylic acids is 1. The maximum Gasteiger partial charge on any atom is 0.330 e.